The van der Waals surface area contributed by atoms with Crippen molar-refractivity contribution in [1.29, 1.82) is 0 Å². The summed E-state index contributed by atoms with van der Waals surface area (Å²) in [5.74, 6) is 0. The van der Waals surface area contributed by atoms with Crippen molar-refractivity contribution < 1.29 is 4.92 Å². The van der Waals surface area contributed by atoms with Gasteiger partial charge in [-0.3, -0.25) is 10.1 Å². The van der Waals surface area contributed by atoms with Crippen LogP contribution in [0.15, 0.2) is 18.2 Å². The van der Waals surface area contributed by atoms with Crippen molar-refractivity contribution in [2.24, 2.45) is 0 Å². The van der Waals surface area contributed by atoms with Gasteiger partial charge in [0.05, 0.1) is 4.92 Å². The van der Waals surface area contributed by atoms with E-state index in [1.807, 2.05) is 13.0 Å². The number of hydrogen-bond acceptors (Lipinski definition) is 3. The topological polar surface area (TPSA) is 55.2 Å². The van der Waals surface area contributed by atoms with Crippen LogP contribution >= 0.6 is 0 Å². The Kier molecular flexibility index (Phi) is 4.18. The molecule has 1 aromatic carbocycles. The molecule has 0 aromatic heterocycles. The van der Waals surface area contributed by atoms with E-state index >= 15 is 0 Å². The van der Waals surface area contributed by atoms with Gasteiger partial charge in [-0.25, -0.2) is 0 Å². The fraction of sp³-hybridized carbons (Fsp3) is 0.571. The molecule has 1 aliphatic carbocycles. The lowest BCUT2D eigenvalue weighted by molar-refractivity contribution is -0.384. The van der Waals surface area contributed by atoms with E-state index in [9.17, 15) is 10.1 Å². The Hall–Kier alpha value is -1.58. The van der Waals surface area contributed by atoms with E-state index in [-0.39, 0.29) is 10.6 Å². The Morgan fingerprint density at radius 3 is 2.44 bits per heavy atom. The maximum Gasteiger partial charge on any atom is 0.271 e. The predicted molar refractivity (Wildman–Crippen MR) is 72.9 cm³/mol. The Morgan fingerprint density at radius 2 is 1.83 bits per heavy atom. The summed E-state index contributed by atoms with van der Waals surface area (Å²) in [6.07, 6.45) is 7.47. The molecule has 4 nitrogen and oxygen atoms in total. The number of non-ortho nitro benzene ring substituents is 1. The zero-order valence-corrected chi connectivity index (χ0v) is 10.8. The normalized spacial score (nSPS) is 17.2. The van der Waals surface area contributed by atoms with Crippen molar-refractivity contribution in [3.8, 4) is 0 Å². The standard InChI is InChI=1S/C14H20N2O2/c1-11-8-13(10-14(9-11)16(17)18)15-12-6-4-2-3-5-7-12/h8-10,12,15H,2-7H2,1H3. The van der Waals surface area contributed by atoms with Crippen molar-refractivity contribution in [2.45, 2.75) is 51.5 Å². The van der Waals surface area contributed by atoms with Crippen molar-refractivity contribution in [3.63, 3.8) is 0 Å². The van der Waals surface area contributed by atoms with Gasteiger partial charge < -0.3 is 5.32 Å². The lowest BCUT2D eigenvalue weighted by Crippen LogP contribution is -2.18. The molecule has 18 heavy (non-hydrogen) atoms. The van der Waals surface area contributed by atoms with Gasteiger partial charge in [0.25, 0.3) is 5.69 Å². The van der Waals surface area contributed by atoms with Crippen LogP contribution in [0.4, 0.5) is 11.4 Å². The smallest absolute Gasteiger partial charge is 0.271 e. The molecule has 0 bridgehead atoms. The quantitative estimate of drug-likeness (QED) is 0.499. The number of nitrogens with zero attached hydrogens (tertiary/aromatic N) is 1. The maximum atomic E-state index is 10.8. The summed E-state index contributed by atoms with van der Waals surface area (Å²) in [7, 11) is 0. The van der Waals surface area contributed by atoms with Gasteiger partial charge in [0, 0.05) is 23.9 Å². The molecule has 0 heterocycles. The number of nitro benzene ring substituents is 1. The van der Waals surface area contributed by atoms with Gasteiger partial charge in [0.2, 0.25) is 0 Å². The zero-order valence-electron chi connectivity index (χ0n) is 10.8. The molecule has 1 saturated carbocycles. The highest BCUT2D eigenvalue weighted by molar-refractivity contribution is 5.54. The van der Waals surface area contributed by atoms with Crippen LogP contribution in [-0.4, -0.2) is 11.0 Å². The highest BCUT2D eigenvalue weighted by Crippen LogP contribution is 2.25. The molecular weight excluding hydrogens is 228 g/mol. The summed E-state index contributed by atoms with van der Waals surface area (Å²) in [4.78, 5) is 10.5. The molecule has 98 valence electrons. The second-order valence-electron chi connectivity index (χ2n) is 5.15. The van der Waals surface area contributed by atoms with Gasteiger partial charge >= 0.3 is 0 Å². The molecule has 1 N–H and O–H groups in total. The van der Waals surface area contributed by atoms with Crippen molar-refractivity contribution in [2.75, 3.05) is 5.32 Å². The van der Waals surface area contributed by atoms with E-state index in [0.717, 1.165) is 11.3 Å². The van der Waals surface area contributed by atoms with E-state index in [1.165, 1.54) is 38.5 Å². The lowest BCUT2D eigenvalue weighted by atomic mass is 10.1. The minimum absolute atomic E-state index is 0.172. The molecule has 1 aliphatic rings. The molecule has 0 spiro atoms. The second-order valence-corrected chi connectivity index (χ2v) is 5.15. The van der Waals surface area contributed by atoms with Gasteiger partial charge in [-0.15, -0.1) is 0 Å². The highest BCUT2D eigenvalue weighted by Gasteiger charge is 2.14. The van der Waals surface area contributed by atoms with E-state index < -0.39 is 0 Å². The first-order valence-corrected chi connectivity index (χ1v) is 6.68. The largest absolute Gasteiger partial charge is 0.382 e. The number of rotatable bonds is 3. The monoisotopic (exact) mass is 248 g/mol. The molecule has 0 amide bonds. The van der Waals surface area contributed by atoms with Crippen molar-refractivity contribution >= 4 is 11.4 Å². The molecule has 0 unspecified atom stereocenters. The fourth-order valence-electron chi connectivity index (χ4n) is 2.61. The molecular formula is C14H20N2O2. The van der Waals surface area contributed by atoms with E-state index in [0.29, 0.717) is 6.04 Å². The summed E-state index contributed by atoms with van der Waals surface area (Å²) >= 11 is 0. The third-order valence-electron chi connectivity index (χ3n) is 3.50. The predicted octanol–water partition coefficient (Wildman–Crippen LogP) is 4.04. The van der Waals surface area contributed by atoms with Crippen LogP contribution in [0.1, 0.15) is 44.1 Å². The zero-order chi connectivity index (χ0) is 13.0. The Balaban J connectivity index is 2.10. The van der Waals surface area contributed by atoms with Crippen LogP contribution in [0.25, 0.3) is 0 Å². The van der Waals surface area contributed by atoms with E-state index in [1.54, 1.807) is 12.1 Å². The average molecular weight is 248 g/mol. The van der Waals surface area contributed by atoms with Crippen molar-refractivity contribution in [3.05, 3.63) is 33.9 Å². The number of hydrogen-bond donors (Lipinski definition) is 1. The fourth-order valence-corrected chi connectivity index (χ4v) is 2.61. The Labute approximate surface area is 108 Å². The number of nitrogens with one attached hydrogen (secondary N) is 1. The number of benzene rings is 1. The van der Waals surface area contributed by atoms with Gasteiger partial charge in [0.1, 0.15) is 0 Å². The number of nitro groups is 1. The van der Waals surface area contributed by atoms with Crippen LogP contribution < -0.4 is 5.32 Å². The van der Waals surface area contributed by atoms with Crippen LogP contribution in [-0.2, 0) is 0 Å². The summed E-state index contributed by atoms with van der Waals surface area (Å²) in [5, 5.41) is 14.3. The molecule has 0 atom stereocenters. The van der Waals surface area contributed by atoms with Crippen LogP contribution in [0, 0.1) is 17.0 Å². The average Bonchev–Trinajstić information content (AvgIpc) is 2.57. The molecule has 0 saturated heterocycles. The summed E-state index contributed by atoms with van der Waals surface area (Å²) in [5.41, 5.74) is 1.99. The summed E-state index contributed by atoms with van der Waals surface area (Å²) < 4.78 is 0. The van der Waals surface area contributed by atoms with E-state index in [2.05, 4.69) is 5.32 Å². The molecule has 0 radical (unpaired) electrons. The van der Waals surface area contributed by atoms with Gasteiger partial charge in [-0.1, -0.05) is 25.7 Å². The van der Waals surface area contributed by atoms with Crippen LogP contribution in [0.2, 0.25) is 0 Å². The van der Waals surface area contributed by atoms with Gasteiger partial charge in [0.15, 0.2) is 0 Å². The third-order valence-corrected chi connectivity index (χ3v) is 3.50. The summed E-state index contributed by atoms with van der Waals surface area (Å²) in [6.45, 7) is 1.89. The van der Waals surface area contributed by atoms with Crippen LogP contribution in [0.3, 0.4) is 0 Å². The first-order valence-electron chi connectivity index (χ1n) is 6.68. The summed E-state index contributed by atoms with van der Waals surface area (Å²) in [6, 6.07) is 5.70. The lowest BCUT2D eigenvalue weighted by Gasteiger charge is -2.17. The van der Waals surface area contributed by atoms with Crippen molar-refractivity contribution in [1.82, 2.24) is 0 Å². The Morgan fingerprint density at radius 1 is 1.17 bits per heavy atom. The molecule has 1 fully saturated rings. The molecule has 4 heteroatoms. The maximum absolute atomic E-state index is 10.8. The SMILES string of the molecule is Cc1cc(NC2CCCCCC2)cc([N+](=O)[O-])c1. The number of anilines is 1. The third kappa shape index (κ3) is 3.45. The van der Waals surface area contributed by atoms with Gasteiger partial charge in [-0.05, 0) is 31.4 Å². The molecule has 2 rings (SSSR count). The second kappa shape index (κ2) is 5.85. The minimum atomic E-state index is -0.328. The van der Waals surface area contributed by atoms with Gasteiger partial charge in [-0.2, -0.15) is 0 Å². The molecule has 1 aromatic rings. The Bertz CT molecular complexity index is 424. The highest BCUT2D eigenvalue weighted by atomic mass is 16.6. The minimum Gasteiger partial charge on any atom is -0.382 e. The first-order chi connectivity index (χ1) is 8.65. The van der Waals surface area contributed by atoms with E-state index in [4.69, 9.17) is 0 Å². The first kappa shape index (κ1) is 12.9. The van der Waals surface area contributed by atoms with Crippen LogP contribution in [0.5, 0.6) is 0 Å². The number of aryl methyl sites for hydroxylation is 1. The molecule has 0 aliphatic heterocycles.